The molecule has 0 aliphatic heterocycles. The Morgan fingerprint density at radius 3 is 2.69 bits per heavy atom. The third-order valence-electron chi connectivity index (χ3n) is 2.32. The van der Waals surface area contributed by atoms with E-state index in [1.54, 1.807) is 23.5 Å². The van der Waals surface area contributed by atoms with Gasteiger partial charge in [0, 0.05) is 9.99 Å². The Balaban J connectivity index is 2.37. The summed E-state index contributed by atoms with van der Waals surface area (Å²) in [6.45, 7) is 6.16. The fraction of sp³-hybridized carbons (Fsp3) is 0.286. The molecule has 1 atom stereocenters. The van der Waals surface area contributed by atoms with E-state index < -0.39 is 0 Å². The number of thioether (sulfide) groups is 2. The Morgan fingerprint density at radius 2 is 2.06 bits per heavy atom. The van der Waals surface area contributed by atoms with Gasteiger partial charge < -0.3 is 0 Å². The van der Waals surface area contributed by atoms with Crippen molar-refractivity contribution in [2.24, 2.45) is 0 Å². The normalized spacial score (nSPS) is 12.9. The third kappa shape index (κ3) is 4.95. The minimum absolute atomic E-state index is 0.490. The lowest BCUT2D eigenvalue weighted by Crippen LogP contribution is -1.87. The monoisotopic (exact) mass is 250 g/mol. The predicted octanol–water partition coefficient (Wildman–Crippen LogP) is 4.91. The molecule has 0 aromatic heterocycles. The third-order valence-corrected chi connectivity index (χ3v) is 4.31. The molecule has 0 saturated carbocycles. The van der Waals surface area contributed by atoms with E-state index in [1.807, 2.05) is 0 Å². The van der Waals surface area contributed by atoms with Gasteiger partial charge in [-0.1, -0.05) is 56.0 Å². The lowest BCUT2D eigenvalue weighted by atomic mass is 10.0. The van der Waals surface area contributed by atoms with Crippen molar-refractivity contribution in [3.05, 3.63) is 58.9 Å². The second-order valence-corrected chi connectivity index (χ2v) is 5.79. The van der Waals surface area contributed by atoms with Gasteiger partial charge in [-0.2, -0.15) is 0 Å². The molecule has 1 aromatic carbocycles. The van der Waals surface area contributed by atoms with Crippen molar-refractivity contribution >= 4 is 23.5 Å². The van der Waals surface area contributed by atoms with Crippen molar-refractivity contribution in [1.29, 1.82) is 0 Å². The molecule has 1 aromatic rings. The van der Waals surface area contributed by atoms with Crippen LogP contribution >= 0.6 is 23.5 Å². The summed E-state index contributed by atoms with van der Waals surface area (Å²) >= 11 is 3.51. The fourth-order valence-corrected chi connectivity index (χ4v) is 2.40. The van der Waals surface area contributed by atoms with Crippen molar-refractivity contribution in [3.63, 3.8) is 0 Å². The average Bonchev–Trinajstić information content (AvgIpc) is 2.35. The molecule has 0 bridgehead atoms. The van der Waals surface area contributed by atoms with E-state index in [1.165, 1.54) is 9.80 Å². The van der Waals surface area contributed by atoms with E-state index in [2.05, 4.69) is 62.2 Å². The van der Waals surface area contributed by atoms with Crippen LogP contribution in [0, 0.1) is 0 Å². The summed E-state index contributed by atoms with van der Waals surface area (Å²) in [6.07, 6.45) is 6.55. The maximum atomic E-state index is 3.94. The van der Waals surface area contributed by atoms with Crippen LogP contribution < -0.4 is 0 Å². The first-order chi connectivity index (χ1) is 7.74. The highest BCUT2D eigenvalue weighted by atomic mass is 32.2. The highest BCUT2D eigenvalue weighted by molar-refractivity contribution is 8.21. The van der Waals surface area contributed by atoms with Gasteiger partial charge in [0.15, 0.2) is 0 Å². The zero-order valence-electron chi connectivity index (χ0n) is 9.85. The quantitative estimate of drug-likeness (QED) is 0.658. The fourth-order valence-electron chi connectivity index (χ4n) is 1.33. The van der Waals surface area contributed by atoms with E-state index in [4.69, 9.17) is 0 Å². The Morgan fingerprint density at radius 1 is 1.38 bits per heavy atom. The Bertz CT molecular complexity index is 341. The van der Waals surface area contributed by atoms with Crippen LogP contribution in [0.4, 0.5) is 0 Å². The van der Waals surface area contributed by atoms with Crippen molar-refractivity contribution < 1.29 is 0 Å². The van der Waals surface area contributed by atoms with Crippen molar-refractivity contribution in [2.75, 3.05) is 12.0 Å². The van der Waals surface area contributed by atoms with Gasteiger partial charge in [-0.25, -0.2) is 0 Å². The zero-order valence-corrected chi connectivity index (χ0v) is 11.5. The minimum atomic E-state index is 0.490. The second kappa shape index (κ2) is 7.64. The highest BCUT2D eigenvalue weighted by Gasteiger charge is 1.98. The standard InChI is InChI=1S/C14H18S2/c1-12(14-9-5-4-6-10-14)8-7-11-16-13(2)15-3/h4-10,12H,2,11H2,1,3H3/b8-7+. The molecule has 0 radical (unpaired) electrons. The molecule has 0 spiro atoms. The summed E-state index contributed by atoms with van der Waals surface area (Å²) in [7, 11) is 0. The molecule has 0 fully saturated rings. The van der Waals surface area contributed by atoms with Gasteiger partial charge in [-0.15, -0.1) is 23.5 Å². The lowest BCUT2D eigenvalue weighted by molar-refractivity contribution is 0.966. The maximum Gasteiger partial charge on any atom is 0.0328 e. The predicted molar refractivity (Wildman–Crippen MR) is 79.1 cm³/mol. The first-order valence-corrected chi connectivity index (χ1v) is 7.52. The van der Waals surface area contributed by atoms with Gasteiger partial charge in [0.2, 0.25) is 0 Å². The molecule has 0 amide bonds. The number of rotatable bonds is 6. The first kappa shape index (κ1) is 13.5. The van der Waals surface area contributed by atoms with Crippen LogP contribution in [-0.2, 0) is 0 Å². The molecular weight excluding hydrogens is 232 g/mol. The molecule has 1 unspecified atom stereocenters. The van der Waals surface area contributed by atoms with Gasteiger partial charge in [0.25, 0.3) is 0 Å². The van der Waals surface area contributed by atoms with E-state index in [0.717, 1.165) is 5.75 Å². The van der Waals surface area contributed by atoms with Gasteiger partial charge in [-0.3, -0.25) is 0 Å². The summed E-state index contributed by atoms with van der Waals surface area (Å²) in [6, 6.07) is 10.6. The summed E-state index contributed by atoms with van der Waals surface area (Å²) in [4.78, 5) is 0. The van der Waals surface area contributed by atoms with Crippen LogP contribution in [0.25, 0.3) is 0 Å². The molecule has 1 rings (SSSR count). The highest BCUT2D eigenvalue weighted by Crippen LogP contribution is 2.24. The Kier molecular flexibility index (Phi) is 6.43. The van der Waals surface area contributed by atoms with E-state index in [9.17, 15) is 0 Å². The molecule has 0 saturated heterocycles. The first-order valence-electron chi connectivity index (χ1n) is 5.31. The summed E-state index contributed by atoms with van der Waals surface area (Å²) in [5.74, 6) is 1.50. The summed E-state index contributed by atoms with van der Waals surface area (Å²) in [5.41, 5.74) is 1.37. The molecule has 0 heterocycles. The van der Waals surface area contributed by atoms with Crippen LogP contribution in [0.1, 0.15) is 18.4 Å². The van der Waals surface area contributed by atoms with Crippen molar-refractivity contribution in [3.8, 4) is 0 Å². The van der Waals surface area contributed by atoms with E-state index >= 15 is 0 Å². The van der Waals surface area contributed by atoms with E-state index in [0.29, 0.717) is 5.92 Å². The van der Waals surface area contributed by atoms with Crippen LogP contribution in [0.15, 0.2) is 53.3 Å². The molecule has 0 N–H and O–H groups in total. The van der Waals surface area contributed by atoms with Crippen molar-refractivity contribution in [1.82, 2.24) is 0 Å². The molecule has 0 aliphatic carbocycles. The largest absolute Gasteiger partial charge is 0.123 e. The molecule has 86 valence electrons. The van der Waals surface area contributed by atoms with E-state index in [-0.39, 0.29) is 0 Å². The number of benzene rings is 1. The molecular formula is C14H18S2. The summed E-state index contributed by atoms with van der Waals surface area (Å²) in [5, 5.41) is 0. The molecule has 16 heavy (non-hydrogen) atoms. The maximum absolute atomic E-state index is 3.94. The Hall–Kier alpha value is -0.600. The Labute approximate surface area is 107 Å². The van der Waals surface area contributed by atoms with Crippen molar-refractivity contribution in [2.45, 2.75) is 12.8 Å². The molecule has 0 aliphatic rings. The number of allylic oxidation sites excluding steroid dienone is 1. The van der Waals surface area contributed by atoms with Crippen LogP contribution in [0.2, 0.25) is 0 Å². The summed E-state index contributed by atoms with van der Waals surface area (Å²) < 4.78 is 1.18. The zero-order chi connectivity index (χ0) is 11.8. The average molecular weight is 250 g/mol. The molecule has 0 nitrogen and oxygen atoms in total. The van der Waals surface area contributed by atoms with Gasteiger partial charge in [0.05, 0.1) is 0 Å². The van der Waals surface area contributed by atoms with Gasteiger partial charge >= 0.3 is 0 Å². The molecule has 2 heteroatoms. The lowest BCUT2D eigenvalue weighted by Gasteiger charge is -2.05. The van der Waals surface area contributed by atoms with Gasteiger partial charge in [-0.05, 0) is 17.7 Å². The van der Waals surface area contributed by atoms with Crippen LogP contribution in [-0.4, -0.2) is 12.0 Å². The number of hydrogen-bond acceptors (Lipinski definition) is 2. The topological polar surface area (TPSA) is 0 Å². The minimum Gasteiger partial charge on any atom is -0.123 e. The smallest absolute Gasteiger partial charge is 0.0328 e. The van der Waals surface area contributed by atoms with Gasteiger partial charge in [0.1, 0.15) is 0 Å². The number of hydrogen-bond donors (Lipinski definition) is 0. The van der Waals surface area contributed by atoms with Crippen LogP contribution in [0.5, 0.6) is 0 Å². The van der Waals surface area contributed by atoms with Crippen LogP contribution in [0.3, 0.4) is 0 Å². The second-order valence-electron chi connectivity index (χ2n) is 3.51. The SMILES string of the molecule is C=C(SC)SC/C=C/C(C)c1ccccc1.